The van der Waals surface area contributed by atoms with Crippen LogP contribution < -0.4 is 5.32 Å². The maximum atomic E-state index is 12.4. The summed E-state index contributed by atoms with van der Waals surface area (Å²) in [5.74, 6) is -0.316. The standard InChI is InChI=1S/C15H29N3O3/c1-5-18(6-2)14(20)15(3,4)13(19)16-7-8-17-9-11-21-12-10-17/h5-12H2,1-4H3,(H,16,19). The van der Waals surface area contributed by atoms with Crippen molar-refractivity contribution in [2.75, 3.05) is 52.5 Å². The molecule has 1 aliphatic heterocycles. The molecule has 1 fully saturated rings. The van der Waals surface area contributed by atoms with Crippen molar-refractivity contribution in [1.82, 2.24) is 15.1 Å². The van der Waals surface area contributed by atoms with Gasteiger partial charge < -0.3 is 15.0 Å². The maximum Gasteiger partial charge on any atom is 0.237 e. The fraction of sp³-hybridized carbons (Fsp3) is 0.867. The quantitative estimate of drug-likeness (QED) is 0.688. The molecule has 0 radical (unpaired) electrons. The van der Waals surface area contributed by atoms with Crippen molar-refractivity contribution in [3.63, 3.8) is 0 Å². The van der Waals surface area contributed by atoms with Gasteiger partial charge in [0.25, 0.3) is 0 Å². The van der Waals surface area contributed by atoms with Crippen LogP contribution in [0, 0.1) is 5.41 Å². The van der Waals surface area contributed by atoms with Crippen molar-refractivity contribution in [3.8, 4) is 0 Å². The van der Waals surface area contributed by atoms with E-state index >= 15 is 0 Å². The Bertz CT molecular complexity index is 348. The lowest BCUT2D eigenvalue weighted by molar-refractivity contribution is -0.148. The Morgan fingerprint density at radius 3 is 2.29 bits per heavy atom. The second-order valence-electron chi connectivity index (χ2n) is 5.81. The molecular formula is C15H29N3O3. The molecule has 1 N–H and O–H groups in total. The fourth-order valence-corrected chi connectivity index (χ4v) is 2.38. The molecule has 1 rings (SSSR count). The molecule has 0 aromatic heterocycles. The summed E-state index contributed by atoms with van der Waals surface area (Å²) >= 11 is 0. The highest BCUT2D eigenvalue weighted by Gasteiger charge is 2.38. The highest BCUT2D eigenvalue weighted by molar-refractivity contribution is 6.04. The van der Waals surface area contributed by atoms with E-state index in [2.05, 4.69) is 10.2 Å². The molecule has 0 aliphatic carbocycles. The van der Waals surface area contributed by atoms with Gasteiger partial charge in [-0.15, -0.1) is 0 Å². The van der Waals surface area contributed by atoms with Crippen LogP contribution in [0.5, 0.6) is 0 Å². The van der Waals surface area contributed by atoms with Crippen LogP contribution in [0.3, 0.4) is 0 Å². The van der Waals surface area contributed by atoms with E-state index in [9.17, 15) is 9.59 Å². The summed E-state index contributed by atoms with van der Waals surface area (Å²) in [6, 6.07) is 0. The topological polar surface area (TPSA) is 61.9 Å². The fourth-order valence-electron chi connectivity index (χ4n) is 2.38. The number of nitrogens with one attached hydrogen (secondary N) is 1. The second kappa shape index (κ2) is 8.34. The first kappa shape index (κ1) is 17.9. The van der Waals surface area contributed by atoms with Gasteiger partial charge in [-0.1, -0.05) is 0 Å². The Labute approximate surface area is 127 Å². The monoisotopic (exact) mass is 299 g/mol. The van der Waals surface area contributed by atoms with Crippen LogP contribution in [0.1, 0.15) is 27.7 Å². The molecule has 6 heteroatoms. The van der Waals surface area contributed by atoms with Gasteiger partial charge in [-0.3, -0.25) is 14.5 Å². The van der Waals surface area contributed by atoms with E-state index in [0.29, 0.717) is 19.6 Å². The van der Waals surface area contributed by atoms with E-state index in [1.807, 2.05) is 13.8 Å². The number of carbonyl (C=O) groups is 2. The van der Waals surface area contributed by atoms with E-state index < -0.39 is 5.41 Å². The molecule has 1 heterocycles. The third-order valence-corrected chi connectivity index (χ3v) is 3.97. The summed E-state index contributed by atoms with van der Waals surface area (Å²) in [7, 11) is 0. The number of hydrogen-bond donors (Lipinski definition) is 1. The van der Waals surface area contributed by atoms with Gasteiger partial charge >= 0.3 is 0 Å². The van der Waals surface area contributed by atoms with E-state index in [-0.39, 0.29) is 11.8 Å². The van der Waals surface area contributed by atoms with E-state index in [1.54, 1.807) is 18.7 Å². The van der Waals surface area contributed by atoms with Gasteiger partial charge in [0.2, 0.25) is 11.8 Å². The van der Waals surface area contributed by atoms with Gasteiger partial charge in [0.1, 0.15) is 5.41 Å². The van der Waals surface area contributed by atoms with Crippen molar-refractivity contribution in [1.29, 1.82) is 0 Å². The summed E-state index contributed by atoms with van der Waals surface area (Å²) in [6.45, 7) is 13.1. The molecule has 6 nitrogen and oxygen atoms in total. The molecule has 0 saturated carbocycles. The zero-order valence-electron chi connectivity index (χ0n) is 13.8. The number of nitrogens with zero attached hydrogens (tertiary/aromatic N) is 2. The Morgan fingerprint density at radius 2 is 1.76 bits per heavy atom. The van der Waals surface area contributed by atoms with E-state index in [1.165, 1.54) is 0 Å². The van der Waals surface area contributed by atoms with Crippen molar-refractivity contribution < 1.29 is 14.3 Å². The molecule has 0 aromatic carbocycles. The molecule has 1 saturated heterocycles. The van der Waals surface area contributed by atoms with Crippen molar-refractivity contribution in [3.05, 3.63) is 0 Å². The van der Waals surface area contributed by atoms with E-state index in [4.69, 9.17) is 4.74 Å². The lowest BCUT2D eigenvalue weighted by Crippen LogP contribution is -2.51. The number of morpholine rings is 1. The van der Waals surface area contributed by atoms with Crippen molar-refractivity contribution >= 4 is 11.8 Å². The van der Waals surface area contributed by atoms with Crippen LogP contribution in [0.2, 0.25) is 0 Å². The number of ether oxygens (including phenoxy) is 1. The van der Waals surface area contributed by atoms with Crippen LogP contribution in [-0.4, -0.2) is 74.1 Å². The molecule has 2 amide bonds. The smallest absolute Gasteiger partial charge is 0.237 e. The first-order chi connectivity index (χ1) is 9.93. The summed E-state index contributed by atoms with van der Waals surface area (Å²) in [4.78, 5) is 28.6. The Kier molecular flexibility index (Phi) is 7.11. The average Bonchev–Trinajstić information content (AvgIpc) is 2.49. The molecule has 0 unspecified atom stereocenters. The van der Waals surface area contributed by atoms with E-state index in [0.717, 1.165) is 32.8 Å². The largest absolute Gasteiger partial charge is 0.379 e. The minimum absolute atomic E-state index is 0.114. The predicted octanol–water partition coefficient (Wildman–Crippen LogP) is 0.329. The average molecular weight is 299 g/mol. The minimum atomic E-state index is -1.02. The molecule has 0 atom stereocenters. The van der Waals surface area contributed by atoms with Crippen LogP contribution in [0.4, 0.5) is 0 Å². The zero-order valence-corrected chi connectivity index (χ0v) is 13.8. The summed E-state index contributed by atoms with van der Waals surface area (Å²) in [5, 5.41) is 2.89. The molecule has 21 heavy (non-hydrogen) atoms. The number of carbonyl (C=O) groups excluding carboxylic acids is 2. The van der Waals surface area contributed by atoms with Crippen molar-refractivity contribution in [2.45, 2.75) is 27.7 Å². The number of rotatable bonds is 7. The van der Waals surface area contributed by atoms with Crippen LogP contribution in [-0.2, 0) is 14.3 Å². The first-order valence-corrected chi connectivity index (χ1v) is 7.81. The minimum Gasteiger partial charge on any atom is -0.379 e. The van der Waals surface area contributed by atoms with Gasteiger partial charge in [0.05, 0.1) is 13.2 Å². The number of amides is 2. The van der Waals surface area contributed by atoms with Crippen LogP contribution >= 0.6 is 0 Å². The van der Waals surface area contributed by atoms with Gasteiger partial charge in [-0.25, -0.2) is 0 Å². The number of hydrogen-bond acceptors (Lipinski definition) is 4. The molecule has 0 spiro atoms. The summed E-state index contributed by atoms with van der Waals surface area (Å²) in [5.41, 5.74) is -1.02. The van der Waals surface area contributed by atoms with Gasteiger partial charge in [0.15, 0.2) is 0 Å². The zero-order chi connectivity index (χ0) is 15.9. The van der Waals surface area contributed by atoms with Gasteiger partial charge in [-0.2, -0.15) is 0 Å². The highest BCUT2D eigenvalue weighted by atomic mass is 16.5. The Hall–Kier alpha value is -1.14. The molecule has 1 aliphatic rings. The van der Waals surface area contributed by atoms with Crippen LogP contribution in [0.15, 0.2) is 0 Å². The third kappa shape index (κ3) is 4.97. The van der Waals surface area contributed by atoms with Crippen LogP contribution in [0.25, 0.3) is 0 Å². The molecule has 0 aromatic rings. The maximum absolute atomic E-state index is 12.4. The van der Waals surface area contributed by atoms with Crippen molar-refractivity contribution in [2.24, 2.45) is 5.41 Å². The predicted molar refractivity (Wildman–Crippen MR) is 82.0 cm³/mol. The van der Waals surface area contributed by atoms with Gasteiger partial charge in [-0.05, 0) is 27.7 Å². The lowest BCUT2D eigenvalue weighted by atomic mass is 9.90. The van der Waals surface area contributed by atoms with Gasteiger partial charge in [0, 0.05) is 39.3 Å². The SMILES string of the molecule is CCN(CC)C(=O)C(C)(C)C(=O)NCCN1CCOCC1. The normalized spacial score (nSPS) is 16.6. The molecule has 0 bridgehead atoms. The lowest BCUT2D eigenvalue weighted by Gasteiger charge is -2.30. The highest BCUT2D eigenvalue weighted by Crippen LogP contribution is 2.19. The molecule has 122 valence electrons. The summed E-state index contributed by atoms with van der Waals surface area (Å²) in [6.07, 6.45) is 0. The Balaban J connectivity index is 2.43. The first-order valence-electron chi connectivity index (χ1n) is 7.81. The molecular weight excluding hydrogens is 270 g/mol. The third-order valence-electron chi connectivity index (χ3n) is 3.97. The second-order valence-corrected chi connectivity index (χ2v) is 5.81. The Morgan fingerprint density at radius 1 is 1.19 bits per heavy atom. The summed E-state index contributed by atoms with van der Waals surface area (Å²) < 4.78 is 5.28.